The van der Waals surface area contributed by atoms with E-state index in [-0.39, 0.29) is 18.8 Å². The van der Waals surface area contributed by atoms with E-state index in [1.165, 1.54) is 60.0 Å². The third kappa shape index (κ3) is 7.55. The number of esters is 1. The van der Waals surface area contributed by atoms with Crippen LogP contribution >= 0.6 is 11.8 Å². The first kappa shape index (κ1) is 31.0. The lowest BCUT2D eigenvalue weighted by Crippen LogP contribution is -2.49. The number of aliphatic hydroxyl groups excluding tert-OH is 1. The zero-order valence-electron chi connectivity index (χ0n) is 22.0. The number of nitrogens with one attached hydrogen (secondary N) is 1. The van der Waals surface area contributed by atoms with Crippen molar-refractivity contribution in [3.05, 3.63) is 65.2 Å². The minimum atomic E-state index is -4.57. The Bertz CT molecular complexity index is 1240. The molecule has 1 saturated heterocycles. The fourth-order valence-corrected chi connectivity index (χ4v) is 5.65. The maximum atomic E-state index is 13.9. The minimum Gasteiger partial charge on any atom is -0.465 e. The highest BCUT2D eigenvalue weighted by molar-refractivity contribution is 7.99. The molecule has 1 aliphatic heterocycles. The molecule has 12 heteroatoms. The lowest BCUT2D eigenvalue weighted by Gasteiger charge is -2.36. The molecule has 1 amide bonds. The van der Waals surface area contributed by atoms with Crippen molar-refractivity contribution in [2.45, 2.75) is 32.0 Å². The summed E-state index contributed by atoms with van der Waals surface area (Å²) in [5.74, 6) is -4.94. The van der Waals surface area contributed by atoms with Gasteiger partial charge < -0.3 is 20.1 Å². The number of amides is 1. The van der Waals surface area contributed by atoms with Gasteiger partial charge >= 0.3 is 12.1 Å². The molecule has 8 nitrogen and oxygen atoms in total. The SMILES string of the molecule is CCOC(=O)C(C(C)=O)C(c1ccc(C#N)cc1)C(C(=O)N1CCSC1)C(O)CNc1cccc(C(F)(F)F)c1. The van der Waals surface area contributed by atoms with Gasteiger partial charge in [-0.05, 0) is 49.7 Å². The average Bonchev–Trinajstić information content (AvgIpc) is 3.46. The van der Waals surface area contributed by atoms with Gasteiger partial charge in [0.1, 0.15) is 11.7 Å². The lowest BCUT2D eigenvalue weighted by atomic mass is 9.72. The molecule has 3 rings (SSSR count). The quantitative estimate of drug-likeness (QED) is 0.303. The van der Waals surface area contributed by atoms with Crippen LogP contribution in [0.3, 0.4) is 0 Å². The highest BCUT2D eigenvalue weighted by Gasteiger charge is 2.47. The second kappa shape index (κ2) is 13.7. The first-order valence-corrected chi connectivity index (χ1v) is 13.8. The zero-order valence-corrected chi connectivity index (χ0v) is 22.8. The topological polar surface area (TPSA) is 120 Å². The number of Topliss-reactive ketones (excluding diaryl/α,β-unsaturated/α-hetero) is 1. The molecule has 2 N–H and O–H groups in total. The molecular weight excluding hydrogens is 547 g/mol. The van der Waals surface area contributed by atoms with Crippen molar-refractivity contribution in [1.29, 1.82) is 5.26 Å². The van der Waals surface area contributed by atoms with Crippen molar-refractivity contribution in [2.24, 2.45) is 11.8 Å². The maximum Gasteiger partial charge on any atom is 0.416 e. The summed E-state index contributed by atoms with van der Waals surface area (Å²) in [6.45, 7) is 2.78. The van der Waals surface area contributed by atoms with Crippen molar-refractivity contribution in [1.82, 2.24) is 4.90 Å². The van der Waals surface area contributed by atoms with Crippen molar-refractivity contribution in [3.63, 3.8) is 0 Å². The molecule has 2 aromatic rings. The van der Waals surface area contributed by atoms with Crippen LogP contribution in [0.25, 0.3) is 0 Å². The van der Waals surface area contributed by atoms with E-state index in [4.69, 9.17) is 4.74 Å². The summed E-state index contributed by atoms with van der Waals surface area (Å²) in [5.41, 5.74) is -0.150. The van der Waals surface area contributed by atoms with Crippen LogP contribution in [-0.2, 0) is 25.3 Å². The number of ether oxygens (including phenoxy) is 1. The summed E-state index contributed by atoms with van der Waals surface area (Å²) >= 11 is 1.50. The molecule has 214 valence electrons. The van der Waals surface area contributed by atoms with Gasteiger partial charge in [-0.15, -0.1) is 11.8 Å². The van der Waals surface area contributed by atoms with E-state index in [9.17, 15) is 37.9 Å². The predicted octanol–water partition coefficient (Wildman–Crippen LogP) is 4.05. The molecule has 4 unspecified atom stereocenters. The molecule has 0 saturated carbocycles. The van der Waals surface area contributed by atoms with Crippen LogP contribution in [-0.4, -0.2) is 65.1 Å². The molecule has 1 aliphatic rings. The average molecular weight is 578 g/mol. The van der Waals surface area contributed by atoms with Gasteiger partial charge in [-0.3, -0.25) is 14.4 Å². The number of anilines is 1. The second-order valence-electron chi connectivity index (χ2n) is 9.29. The van der Waals surface area contributed by atoms with E-state index in [2.05, 4.69) is 5.32 Å². The Balaban J connectivity index is 2.06. The molecule has 0 bridgehead atoms. The maximum absolute atomic E-state index is 13.9. The smallest absolute Gasteiger partial charge is 0.416 e. The number of hydrogen-bond donors (Lipinski definition) is 2. The van der Waals surface area contributed by atoms with Crippen molar-refractivity contribution < 1.29 is 37.4 Å². The molecule has 0 spiro atoms. The summed E-state index contributed by atoms with van der Waals surface area (Å²) in [6.07, 6.45) is -6.10. The van der Waals surface area contributed by atoms with Gasteiger partial charge in [-0.25, -0.2) is 0 Å². The van der Waals surface area contributed by atoms with E-state index < -0.39 is 53.3 Å². The Hall–Kier alpha value is -3.56. The number of carbonyl (C=O) groups is 3. The van der Waals surface area contributed by atoms with Crippen LogP contribution in [0.15, 0.2) is 48.5 Å². The molecule has 40 heavy (non-hydrogen) atoms. The standard InChI is InChI=1S/C28H30F3N3O5S/c1-3-39-27(38)23(17(2)35)24(19-9-7-18(14-32)8-10-19)25(26(37)34-11-12-40-16-34)22(36)15-33-21-6-4-5-20(13-21)28(29,30)31/h4-10,13,22-25,33,36H,3,11-12,15-16H2,1-2H3. The molecule has 0 aromatic heterocycles. The number of aliphatic hydroxyl groups is 1. The molecule has 0 radical (unpaired) electrons. The summed E-state index contributed by atoms with van der Waals surface area (Å²) in [7, 11) is 0. The molecule has 1 fully saturated rings. The van der Waals surface area contributed by atoms with Crippen LogP contribution in [0.4, 0.5) is 18.9 Å². The van der Waals surface area contributed by atoms with E-state index in [1.807, 2.05) is 6.07 Å². The van der Waals surface area contributed by atoms with Gasteiger partial charge in [0, 0.05) is 30.4 Å². The van der Waals surface area contributed by atoms with Gasteiger partial charge in [-0.1, -0.05) is 18.2 Å². The molecule has 2 aromatic carbocycles. The third-order valence-electron chi connectivity index (χ3n) is 6.62. The first-order valence-electron chi connectivity index (χ1n) is 12.6. The fourth-order valence-electron chi connectivity index (χ4n) is 4.70. The van der Waals surface area contributed by atoms with E-state index in [0.29, 0.717) is 29.3 Å². The number of thioether (sulfide) groups is 1. The van der Waals surface area contributed by atoms with Gasteiger partial charge in [0.15, 0.2) is 0 Å². The number of benzene rings is 2. The highest BCUT2D eigenvalue weighted by Crippen LogP contribution is 2.39. The Morgan fingerprint density at radius 2 is 1.90 bits per heavy atom. The number of carbonyl (C=O) groups excluding carboxylic acids is 3. The van der Waals surface area contributed by atoms with Crippen molar-refractivity contribution >= 4 is 35.1 Å². The first-order chi connectivity index (χ1) is 19.0. The number of rotatable bonds is 11. The number of nitriles is 1. The van der Waals surface area contributed by atoms with Crippen LogP contribution in [0.5, 0.6) is 0 Å². The Morgan fingerprint density at radius 1 is 1.20 bits per heavy atom. The van der Waals surface area contributed by atoms with Crippen molar-refractivity contribution in [2.75, 3.05) is 36.6 Å². The van der Waals surface area contributed by atoms with E-state index in [1.54, 1.807) is 6.92 Å². The monoisotopic (exact) mass is 577 g/mol. The Morgan fingerprint density at radius 3 is 2.45 bits per heavy atom. The van der Waals surface area contributed by atoms with Gasteiger partial charge in [0.25, 0.3) is 0 Å². The molecule has 4 atom stereocenters. The number of halogens is 3. The largest absolute Gasteiger partial charge is 0.465 e. The summed E-state index contributed by atoms with van der Waals surface area (Å²) in [4.78, 5) is 41.4. The molecule has 1 heterocycles. The number of alkyl halides is 3. The highest BCUT2D eigenvalue weighted by atomic mass is 32.2. The lowest BCUT2D eigenvalue weighted by molar-refractivity contribution is -0.154. The Kier molecular flexibility index (Phi) is 10.6. The fraction of sp³-hybridized carbons (Fsp3) is 0.429. The Labute approximate surface area is 234 Å². The summed E-state index contributed by atoms with van der Waals surface area (Å²) in [5, 5.41) is 23.5. The van der Waals surface area contributed by atoms with E-state index >= 15 is 0 Å². The second-order valence-corrected chi connectivity index (χ2v) is 10.4. The molecular formula is C28H30F3N3O5S. The van der Waals surface area contributed by atoms with Crippen molar-refractivity contribution in [3.8, 4) is 6.07 Å². The van der Waals surface area contributed by atoms with Gasteiger partial charge in [0.2, 0.25) is 5.91 Å². The molecule has 0 aliphatic carbocycles. The third-order valence-corrected chi connectivity index (χ3v) is 7.58. The summed E-state index contributed by atoms with van der Waals surface area (Å²) < 4.78 is 44.8. The normalized spacial score (nSPS) is 16.4. The summed E-state index contributed by atoms with van der Waals surface area (Å²) in [6, 6.07) is 12.4. The van der Waals surface area contributed by atoms with Crippen LogP contribution in [0, 0.1) is 23.2 Å². The number of nitrogens with zero attached hydrogens (tertiary/aromatic N) is 2. The van der Waals surface area contributed by atoms with Crippen LogP contribution in [0.1, 0.15) is 36.5 Å². The van der Waals surface area contributed by atoms with Crippen LogP contribution in [0.2, 0.25) is 0 Å². The zero-order chi connectivity index (χ0) is 29.4. The van der Waals surface area contributed by atoms with Crippen LogP contribution < -0.4 is 5.32 Å². The minimum absolute atomic E-state index is 0.0241. The predicted molar refractivity (Wildman–Crippen MR) is 143 cm³/mol. The number of ketones is 1. The van der Waals surface area contributed by atoms with Gasteiger partial charge in [-0.2, -0.15) is 18.4 Å². The van der Waals surface area contributed by atoms with E-state index in [0.717, 1.165) is 12.1 Å². The number of hydrogen-bond acceptors (Lipinski definition) is 8. The van der Waals surface area contributed by atoms with Gasteiger partial charge in [0.05, 0.1) is 41.7 Å².